The smallest absolute Gasteiger partial charge is 0.255 e. The minimum Gasteiger partial charge on any atom is -0.493 e. The lowest BCUT2D eigenvalue weighted by Gasteiger charge is -2.20. The average molecular weight is 367 g/mol. The summed E-state index contributed by atoms with van der Waals surface area (Å²) in [5.41, 5.74) is 2.00. The molecule has 27 heavy (non-hydrogen) atoms. The van der Waals surface area contributed by atoms with Crippen molar-refractivity contribution >= 4 is 23.5 Å². The van der Waals surface area contributed by atoms with Crippen LogP contribution in [0.4, 0.5) is 11.5 Å². The lowest BCUT2D eigenvalue weighted by atomic mass is 10.1. The number of benzene rings is 1. The van der Waals surface area contributed by atoms with E-state index in [4.69, 9.17) is 9.47 Å². The summed E-state index contributed by atoms with van der Waals surface area (Å²) in [6.07, 6.45) is 7.83. The maximum Gasteiger partial charge on any atom is 0.255 e. The molecule has 1 saturated heterocycles. The molecule has 1 amide bonds. The second-order valence-corrected chi connectivity index (χ2v) is 6.32. The first-order valence-corrected chi connectivity index (χ1v) is 9.08. The zero-order chi connectivity index (χ0) is 19.2. The number of hydrogen-bond acceptors (Lipinski definition) is 5. The van der Waals surface area contributed by atoms with E-state index in [1.165, 1.54) is 0 Å². The third-order valence-electron chi connectivity index (χ3n) is 4.56. The summed E-state index contributed by atoms with van der Waals surface area (Å²) in [5.74, 6) is 1.73. The van der Waals surface area contributed by atoms with Crippen molar-refractivity contribution in [3.63, 3.8) is 0 Å². The molecular formula is C21H25N3O3. The van der Waals surface area contributed by atoms with Gasteiger partial charge in [0.1, 0.15) is 0 Å². The molecule has 1 aromatic carbocycles. The summed E-state index contributed by atoms with van der Waals surface area (Å²) >= 11 is 0. The number of carbonyl (C=O) groups excluding carboxylic acids is 1. The number of hydrogen-bond donors (Lipinski definition) is 1. The summed E-state index contributed by atoms with van der Waals surface area (Å²) < 4.78 is 10.8. The number of carbonyl (C=O) groups is 1. The van der Waals surface area contributed by atoms with Crippen LogP contribution < -0.4 is 19.7 Å². The second-order valence-electron chi connectivity index (χ2n) is 6.32. The van der Waals surface area contributed by atoms with Crippen LogP contribution in [0.1, 0.15) is 35.7 Å². The molecule has 2 aromatic rings. The number of rotatable bonds is 6. The number of allylic oxidation sites excluding steroid dienone is 1. The third kappa shape index (κ3) is 4.05. The number of methoxy groups -OCH3 is 2. The van der Waals surface area contributed by atoms with Crippen LogP contribution in [-0.2, 0) is 0 Å². The van der Waals surface area contributed by atoms with Crippen LogP contribution in [0, 0.1) is 0 Å². The van der Waals surface area contributed by atoms with Crippen LogP contribution in [-0.4, -0.2) is 38.2 Å². The monoisotopic (exact) mass is 367 g/mol. The van der Waals surface area contributed by atoms with Gasteiger partial charge in [-0.05, 0) is 44.0 Å². The first-order valence-electron chi connectivity index (χ1n) is 9.08. The van der Waals surface area contributed by atoms with Crippen molar-refractivity contribution in [3.8, 4) is 11.5 Å². The Morgan fingerprint density at radius 1 is 1.22 bits per heavy atom. The molecule has 1 N–H and O–H groups in total. The van der Waals surface area contributed by atoms with Gasteiger partial charge in [0.15, 0.2) is 17.3 Å². The van der Waals surface area contributed by atoms with E-state index in [1.807, 2.05) is 31.2 Å². The van der Waals surface area contributed by atoms with Gasteiger partial charge >= 0.3 is 0 Å². The molecule has 3 rings (SSSR count). The Morgan fingerprint density at radius 3 is 2.67 bits per heavy atom. The summed E-state index contributed by atoms with van der Waals surface area (Å²) in [6.45, 7) is 3.83. The highest BCUT2D eigenvalue weighted by molar-refractivity contribution is 6.06. The normalized spacial score (nSPS) is 13.8. The van der Waals surface area contributed by atoms with Crippen molar-refractivity contribution in [2.75, 3.05) is 37.5 Å². The number of ether oxygens (including phenoxy) is 2. The molecule has 1 aliphatic rings. The van der Waals surface area contributed by atoms with Crippen molar-refractivity contribution in [2.45, 2.75) is 19.8 Å². The van der Waals surface area contributed by atoms with Gasteiger partial charge in [0, 0.05) is 30.4 Å². The number of aromatic nitrogens is 1. The van der Waals surface area contributed by atoms with E-state index in [0.717, 1.165) is 37.3 Å². The highest BCUT2D eigenvalue weighted by atomic mass is 16.5. The van der Waals surface area contributed by atoms with E-state index in [0.29, 0.717) is 22.7 Å². The van der Waals surface area contributed by atoms with E-state index in [2.05, 4.69) is 15.2 Å². The van der Waals surface area contributed by atoms with Gasteiger partial charge < -0.3 is 19.7 Å². The highest BCUT2D eigenvalue weighted by Gasteiger charge is 2.20. The maximum absolute atomic E-state index is 12.9. The molecule has 142 valence electrons. The number of nitrogens with one attached hydrogen (secondary N) is 1. The standard InChI is InChI=1S/C21H25N3O3/c1-4-8-15-13-16(14-18(26-2)19(15)27-3)21(25)23-17-9-7-10-22-20(17)24-11-5-6-12-24/h4,7-10,13-14H,5-6,11-12H2,1-3H3,(H,23,25)/b8-4+. The lowest BCUT2D eigenvalue weighted by Crippen LogP contribution is -2.22. The summed E-state index contributed by atoms with van der Waals surface area (Å²) in [7, 11) is 3.15. The van der Waals surface area contributed by atoms with Crippen LogP contribution in [0.2, 0.25) is 0 Å². The molecule has 0 saturated carbocycles. The molecule has 0 unspecified atom stereocenters. The molecule has 0 spiro atoms. The third-order valence-corrected chi connectivity index (χ3v) is 4.56. The Balaban J connectivity index is 1.92. The zero-order valence-corrected chi connectivity index (χ0v) is 16.0. The fourth-order valence-electron chi connectivity index (χ4n) is 3.30. The van der Waals surface area contributed by atoms with Crippen LogP contribution in [0.3, 0.4) is 0 Å². The van der Waals surface area contributed by atoms with Gasteiger partial charge in [-0.25, -0.2) is 4.98 Å². The molecule has 0 radical (unpaired) electrons. The molecule has 0 bridgehead atoms. The van der Waals surface area contributed by atoms with Gasteiger partial charge in [-0.15, -0.1) is 0 Å². The van der Waals surface area contributed by atoms with E-state index >= 15 is 0 Å². The largest absolute Gasteiger partial charge is 0.493 e. The van der Waals surface area contributed by atoms with Crippen LogP contribution >= 0.6 is 0 Å². The summed E-state index contributed by atoms with van der Waals surface area (Å²) in [5, 5.41) is 3.00. The fraction of sp³-hybridized carbons (Fsp3) is 0.333. The number of anilines is 2. The van der Waals surface area contributed by atoms with Gasteiger partial charge in [0.2, 0.25) is 0 Å². The van der Waals surface area contributed by atoms with Crippen molar-refractivity contribution in [3.05, 3.63) is 47.7 Å². The number of amides is 1. The van der Waals surface area contributed by atoms with Gasteiger partial charge in [-0.1, -0.05) is 12.2 Å². The van der Waals surface area contributed by atoms with Crippen LogP contribution in [0.5, 0.6) is 11.5 Å². The van der Waals surface area contributed by atoms with E-state index in [9.17, 15) is 4.79 Å². The number of nitrogens with zero attached hydrogens (tertiary/aromatic N) is 2. The van der Waals surface area contributed by atoms with E-state index in [-0.39, 0.29) is 5.91 Å². The summed E-state index contributed by atoms with van der Waals surface area (Å²) in [6, 6.07) is 7.19. The first kappa shape index (κ1) is 18.8. The van der Waals surface area contributed by atoms with Crippen molar-refractivity contribution < 1.29 is 14.3 Å². The fourth-order valence-corrected chi connectivity index (χ4v) is 3.30. The maximum atomic E-state index is 12.9. The predicted molar refractivity (Wildman–Crippen MR) is 108 cm³/mol. The number of pyridine rings is 1. The van der Waals surface area contributed by atoms with E-state index in [1.54, 1.807) is 32.5 Å². The average Bonchev–Trinajstić information content (AvgIpc) is 3.22. The molecule has 0 atom stereocenters. The van der Waals surface area contributed by atoms with Crippen molar-refractivity contribution in [1.82, 2.24) is 4.98 Å². The van der Waals surface area contributed by atoms with Gasteiger partial charge in [-0.3, -0.25) is 4.79 Å². The Kier molecular flexibility index (Phi) is 5.96. The molecule has 1 fully saturated rings. The van der Waals surface area contributed by atoms with Gasteiger partial charge in [0.05, 0.1) is 19.9 Å². The van der Waals surface area contributed by atoms with Gasteiger partial charge in [-0.2, -0.15) is 0 Å². The SMILES string of the molecule is C/C=C/c1cc(C(=O)Nc2cccnc2N2CCCC2)cc(OC)c1OC. The minimum absolute atomic E-state index is 0.213. The quantitative estimate of drug-likeness (QED) is 0.836. The predicted octanol–water partition coefficient (Wildman–Crippen LogP) is 3.98. The zero-order valence-electron chi connectivity index (χ0n) is 16.0. The lowest BCUT2D eigenvalue weighted by molar-refractivity contribution is 0.102. The second kappa shape index (κ2) is 8.58. The molecule has 2 heterocycles. The molecule has 0 aliphatic carbocycles. The van der Waals surface area contributed by atoms with Crippen LogP contribution in [0.25, 0.3) is 6.08 Å². The molecule has 6 heteroatoms. The minimum atomic E-state index is -0.213. The molecule has 1 aliphatic heterocycles. The Morgan fingerprint density at radius 2 is 2.00 bits per heavy atom. The van der Waals surface area contributed by atoms with Crippen molar-refractivity contribution in [1.29, 1.82) is 0 Å². The molecule has 6 nitrogen and oxygen atoms in total. The highest BCUT2D eigenvalue weighted by Crippen LogP contribution is 2.34. The topological polar surface area (TPSA) is 63.7 Å². The molecule has 1 aromatic heterocycles. The Labute approximate surface area is 159 Å². The van der Waals surface area contributed by atoms with E-state index < -0.39 is 0 Å². The van der Waals surface area contributed by atoms with Crippen LogP contribution in [0.15, 0.2) is 36.5 Å². The Bertz CT molecular complexity index is 843. The summed E-state index contributed by atoms with van der Waals surface area (Å²) in [4.78, 5) is 19.6. The molecular weight excluding hydrogens is 342 g/mol. The Hall–Kier alpha value is -3.02. The first-order chi connectivity index (χ1) is 13.2. The van der Waals surface area contributed by atoms with Gasteiger partial charge in [0.25, 0.3) is 5.91 Å². The van der Waals surface area contributed by atoms with Crippen molar-refractivity contribution in [2.24, 2.45) is 0 Å².